The Labute approximate surface area is 210 Å². The Kier molecular flexibility index (Phi) is 6.99. The summed E-state index contributed by atoms with van der Waals surface area (Å²) in [7, 11) is 1.42. The summed E-state index contributed by atoms with van der Waals surface area (Å²) in [5.74, 6) is 1.30. The normalized spacial score (nSPS) is 24.9. The van der Waals surface area contributed by atoms with Crippen LogP contribution in [0.3, 0.4) is 0 Å². The zero-order valence-electron chi connectivity index (χ0n) is 20.8. The Hall–Kier alpha value is -2.26. The van der Waals surface area contributed by atoms with Gasteiger partial charge in [-0.25, -0.2) is 9.78 Å². The predicted octanol–water partition coefficient (Wildman–Crippen LogP) is 4.84. The van der Waals surface area contributed by atoms with Crippen LogP contribution in [0, 0.1) is 12.1 Å². The number of methoxy groups -OCH3 is 1. The number of fused-ring (bicyclic) bond motifs is 3. The van der Waals surface area contributed by atoms with Crippen molar-refractivity contribution < 1.29 is 18.7 Å². The smallest absolute Gasteiger partial charge is 0.409 e. The van der Waals surface area contributed by atoms with Crippen molar-refractivity contribution in [3.63, 3.8) is 0 Å². The number of amides is 1. The molecule has 0 saturated carbocycles. The molecular weight excluding hydrogens is 467 g/mol. The van der Waals surface area contributed by atoms with Gasteiger partial charge in [0, 0.05) is 54.0 Å². The number of aryl methyl sites for hydroxylation is 1. The van der Waals surface area contributed by atoms with Crippen LogP contribution in [0.1, 0.15) is 79.5 Å². The molecule has 2 fully saturated rings. The minimum Gasteiger partial charge on any atom is -0.453 e. The molecule has 9 heteroatoms. The average Bonchev–Trinajstić information content (AvgIpc) is 3.47. The van der Waals surface area contributed by atoms with Crippen LogP contribution in [0.15, 0.2) is 12.1 Å². The van der Waals surface area contributed by atoms with Gasteiger partial charge >= 0.3 is 6.09 Å². The van der Waals surface area contributed by atoms with E-state index < -0.39 is 0 Å². The number of nitrogens with zero attached hydrogens (tertiary/aromatic N) is 4. The summed E-state index contributed by atoms with van der Waals surface area (Å²) in [6.07, 6.45) is 6.51. The molecule has 0 spiro atoms. The third-order valence-electron chi connectivity index (χ3n) is 8.15. The van der Waals surface area contributed by atoms with Gasteiger partial charge in [0.25, 0.3) is 0 Å². The molecule has 5 rings (SSSR count). The van der Waals surface area contributed by atoms with Crippen LogP contribution in [-0.2, 0) is 22.5 Å². The molecule has 2 saturated heterocycles. The quantitative estimate of drug-likeness (QED) is 0.542. The number of thiophene rings is 1. The van der Waals surface area contributed by atoms with E-state index in [1.807, 2.05) is 6.07 Å². The lowest BCUT2D eigenvalue weighted by Gasteiger charge is -2.41. The van der Waals surface area contributed by atoms with Gasteiger partial charge < -0.3 is 19.0 Å². The van der Waals surface area contributed by atoms with Crippen LogP contribution in [0.25, 0.3) is 0 Å². The maximum absolute atomic E-state index is 13.7. The fourth-order valence-corrected chi connectivity index (χ4v) is 7.54. The van der Waals surface area contributed by atoms with Crippen molar-refractivity contribution in [2.75, 3.05) is 20.2 Å². The minimum absolute atomic E-state index is 0.0970. The number of ether oxygens (including phenoxy) is 1. The monoisotopic (exact) mass is 502 g/mol. The molecule has 7 nitrogen and oxygen atoms in total. The summed E-state index contributed by atoms with van der Waals surface area (Å²) >= 11 is 1.18. The van der Waals surface area contributed by atoms with E-state index in [0.717, 1.165) is 48.6 Å². The van der Waals surface area contributed by atoms with Crippen LogP contribution >= 0.6 is 11.3 Å². The maximum atomic E-state index is 13.7. The van der Waals surface area contributed by atoms with Gasteiger partial charge in [-0.1, -0.05) is 0 Å². The first-order valence-electron chi connectivity index (χ1n) is 12.7. The van der Waals surface area contributed by atoms with Crippen LogP contribution in [0.5, 0.6) is 0 Å². The number of piperidine rings is 1. The average molecular weight is 503 g/mol. The highest BCUT2D eigenvalue weighted by Gasteiger charge is 2.42. The molecule has 3 aliphatic rings. The highest BCUT2D eigenvalue weighted by Crippen LogP contribution is 2.43. The molecule has 2 bridgehead atoms. The molecule has 0 aliphatic carbocycles. The molecule has 35 heavy (non-hydrogen) atoms. The van der Waals surface area contributed by atoms with Gasteiger partial charge in [0.2, 0.25) is 0 Å². The second-order valence-electron chi connectivity index (χ2n) is 10.3. The van der Waals surface area contributed by atoms with Gasteiger partial charge in [0.1, 0.15) is 11.6 Å². The molecule has 2 unspecified atom stereocenters. The number of ketones is 1. The number of halogens is 1. The summed E-state index contributed by atoms with van der Waals surface area (Å²) in [5.41, 5.74) is 2.28. The van der Waals surface area contributed by atoms with E-state index in [4.69, 9.17) is 9.72 Å². The van der Waals surface area contributed by atoms with Crippen molar-refractivity contribution in [3.05, 3.63) is 39.4 Å². The van der Waals surface area contributed by atoms with Crippen molar-refractivity contribution in [3.8, 4) is 0 Å². The summed E-state index contributed by atoms with van der Waals surface area (Å²) < 4.78 is 21.0. The van der Waals surface area contributed by atoms with E-state index in [9.17, 15) is 14.0 Å². The highest BCUT2D eigenvalue weighted by atomic mass is 32.1. The number of carbonyl (C=O) groups excluding carboxylic acids is 2. The topological polar surface area (TPSA) is 67.7 Å². The number of rotatable bonds is 7. The third kappa shape index (κ3) is 4.89. The largest absolute Gasteiger partial charge is 0.453 e. The molecule has 3 atom stereocenters. The fraction of sp³-hybridized carbons (Fsp3) is 0.654. The van der Waals surface area contributed by atoms with Gasteiger partial charge in [0.05, 0.1) is 19.3 Å². The molecule has 5 heterocycles. The number of carbonyl (C=O) groups is 2. The van der Waals surface area contributed by atoms with E-state index >= 15 is 0 Å². The molecule has 3 aliphatic heterocycles. The third-order valence-corrected chi connectivity index (χ3v) is 9.19. The Morgan fingerprint density at radius 2 is 1.97 bits per heavy atom. The summed E-state index contributed by atoms with van der Waals surface area (Å²) in [6.45, 7) is 5.85. The maximum Gasteiger partial charge on any atom is 0.409 e. The lowest BCUT2D eigenvalue weighted by Crippen LogP contribution is -2.44. The van der Waals surface area contributed by atoms with Crippen LogP contribution in [0.2, 0.25) is 0 Å². The van der Waals surface area contributed by atoms with Crippen molar-refractivity contribution in [1.82, 2.24) is 19.4 Å². The Balaban J connectivity index is 1.26. The molecule has 2 aromatic heterocycles. The Morgan fingerprint density at radius 3 is 2.60 bits per heavy atom. The molecule has 0 radical (unpaired) electrons. The van der Waals surface area contributed by atoms with Gasteiger partial charge in [-0.05, 0) is 64.6 Å². The lowest BCUT2D eigenvalue weighted by molar-refractivity contribution is -0.117. The SMILES string of the molecule is COC(=O)N1CCc2c(nc(C)n2C2CC3CCC(C2)N3CC[C@H](CC(C)=O)c2ccc(F)s2)C1. The van der Waals surface area contributed by atoms with Crippen LogP contribution in [0.4, 0.5) is 9.18 Å². The zero-order valence-corrected chi connectivity index (χ0v) is 21.7. The number of aromatic nitrogens is 2. The number of hydrogen-bond donors (Lipinski definition) is 0. The zero-order chi connectivity index (χ0) is 24.7. The van der Waals surface area contributed by atoms with Gasteiger partial charge in [0.15, 0.2) is 5.13 Å². The molecule has 0 aromatic carbocycles. The Bertz CT molecular complexity index is 1080. The summed E-state index contributed by atoms with van der Waals surface area (Å²) in [4.78, 5) is 34.1. The van der Waals surface area contributed by atoms with E-state index in [0.29, 0.717) is 37.6 Å². The second kappa shape index (κ2) is 10.0. The molecule has 0 N–H and O–H groups in total. The van der Waals surface area contributed by atoms with E-state index in [1.54, 1.807) is 11.8 Å². The van der Waals surface area contributed by atoms with Crippen molar-refractivity contribution in [2.24, 2.45) is 0 Å². The molecular formula is C26H35FN4O3S. The fourth-order valence-electron chi connectivity index (χ4n) is 6.68. The van der Waals surface area contributed by atoms with Gasteiger partial charge in [-0.2, -0.15) is 4.39 Å². The number of Topliss-reactive ketones (excluding diaryl/α,β-unsaturated/α-hetero) is 1. The predicted molar refractivity (Wildman–Crippen MR) is 132 cm³/mol. The molecule has 2 aromatic rings. The first-order chi connectivity index (χ1) is 16.8. The van der Waals surface area contributed by atoms with Gasteiger partial charge in [-0.15, -0.1) is 11.3 Å². The van der Waals surface area contributed by atoms with E-state index in [2.05, 4.69) is 16.4 Å². The van der Waals surface area contributed by atoms with E-state index in [1.165, 1.54) is 43.0 Å². The Morgan fingerprint density at radius 1 is 1.23 bits per heavy atom. The van der Waals surface area contributed by atoms with Crippen molar-refractivity contribution >= 4 is 23.2 Å². The number of hydrogen-bond acceptors (Lipinski definition) is 6. The first-order valence-corrected chi connectivity index (χ1v) is 13.6. The van der Waals surface area contributed by atoms with Gasteiger partial charge in [-0.3, -0.25) is 4.90 Å². The molecule has 190 valence electrons. The lowest BCUT2D eigenvalue weighted by atomic mass is 9.93. The van der Waals surface area contributed by atoms with Crippen LogP contribution < -0.4 is 0 Å². The minimum atomic E-state index is -0.289. The summed E-state index contributed by atoms with van der Waals surface area (Å²) in [5, 5.41) is -0.178. The highest BCUT2D eigenvalue weighted by molar-refractivity contribution is 7.10. The molecule has 1 amide bonds. The van der Waals surface area contributed by atoms with Crippen molar-refractivity contribution in [2.45, 2.75) is 89.4 Å². The van der Waals surface area contributed by atoms with Crippen LogP contribution in [-0.4, -0.2) is 63.5 Å². The first kappa shape index (κ1) is 24.4. The number of imidazole rings is 1. The van der Waals surface area contributed by atoms with Crippen molar-refractivity contribution in [1.29, 1.82) is 0 Å². The van der Waals surface area contributed by atoms with E-state index in [-0.39, 0.29) is 22.9 Å². The standard InChI is InChI=1S/C26H35FN4O3S/c1-16(32)12-18(24-6-7-25(27)35-24)8-11-30-19-4-5-20(30)14-21(13-19)31-17(2)28-22-15-29(26(33)34-3)10-9-23(22)31/h6-7,18-21H,4-5,8-15H2,1-3H3/t18-,19?,20?,21?/m1/s1. The second-order valence-corrected chi connectivity index (χ2v) is 11.4. The summed E-state index contributed by atoms with van der Waals surface area (Å²) in [6, 6.07) is 4.86.